The van der Waals surface area contributed by atoms with Gasteiger partial charge in [0.15, 0.2) is 0 Å². The largest absolute Gasteiger partial charge is 0.385 e. The molecule has 2 heterocycles. The van der Waals surface area contributed by atoms with Gasteiger partial charge in [-0.15, -0.1) is 0 Å². The first kappa shape index (κ1) is 15.5. The number of rotatable bonds is 8. The quantitative estimate of drug-likeness (QED) is 0.685. The Hall–Kier alpha value is -0.870. The summed E-state index contributed by atoms with van der Waals surface area (Å²) < 4.78 is 7.50. The van der Waals surface area contributed by atoms with Gasteiger partial charge < -0.3 is 9.30 Å². The number of ether oxygens (including phenoxy) is 1. The van der Waals surface area contributed by atoms with Gasteiger partial charge in [-0.25, -0.2) is 4.98 Å². The number of nitrogens with zero attached hydrogens (tertiary/aromatic N) is 3. The number of hydrogen-bond donors (Lipinski definition) is 0. The molecule has 4 heteroatoms. The first-order valence-electron chi connectivity index (χ1n) is 8.08. The van der Waals surface area contributed by atoms with Gasteiger partial charge in [-0.1, -0.05) is 13.3 Å². The number of hydrogen-bond acceptors (Lipinski definition) is 3. The average molecular weight is 279 g/mol. The Morgan fingerprint density at radius 3 is 3.10 bits per heavy atom. The van der Waals surface area contributed by atoms with E-state index in [9.17, 15) is 0 Å². The molecule has 0 unspecified atom stereocenters. The van der Waals surface area contributed by atoms with Crippen LogP contribution in [-0.4, -0.2) is 40.8 Å². The monoisotopic (exact) mass is 279 g/mol. The Morgan fingerprint density at radius 1 is 1.40 bits per heavy atom. The number of piperidine rings is 1. The van der Waals surface area contributed by atoms with E-state index in [4.69, 9.17) is 4.74 Å². The van der Waals surface area contributed by atoms with Crippen molar-refractivity contribution in [2.45, 2.75) is 64.6 Å². The van der Waals surface area contributed by atoms with E-state index in [0.717, 1.165) is 19.7 Å². The Labute approximate surface area is 123 Å². The van der Waals surface area contributed by atoms with E-state index < -0.39 is 0 Å². The molecule has 1 aromatic heterocycles. The number of aryl methyl sites for hydroxylation is 1. The lowest BCUT2D eigenvalue weighted by Gasteiger charge is -2.35. The molecule has 0 radical (unpaired) electrons. The van der Waals surface area contributed by atoms with Crippen LogP contribution in [0, 0.1) is 0 Å². The predicted molar refractivity (Wildman–Crippen MR) is 81.7 cm³/mol. The van der Waals surface area contributed by atoms with Crippen LogP contribution in [0.5, 0.6) is 0 Å². The first-order chi connectivity index (χ1) is 9.85. The molecule has 1 saturated heterocycles. The van der Waals surface area contributed by atoms with Gasteiger partial charge in [-0.2, -0.15) is 0 Å². The molecular formula is C16H29N3O. The van der Waals surface area contributed by atoms with E-state index in [1.807, 2.05) is 6.20 Å². The molecule has 0 saturated carbocycles. The number of imidazole rings is 1. The Bertz CT molecular complexity index is 378. The summed E-state index contributed by atoms with van der Waals surface area (Å²) >= 11 is 0. The summed E-state index contributed by atoms with van der Waals surface area (Å²) in [6, 6.07) is 0.714. The van der Waals surface area contributed by atoms with Crippen molar-refractivity contribution in [1.82, 2.24) is 14.5 Å². The summed E-state index contributed by atoms with van der Waals surface area (Å²) in [4.78, 5) is 7.19. The molecule has 0 spiro atoms. The molecule has 1 atom stereocenters. The predicted octanol–water partition coefficient (Wildman–Crippen LogP) is 3.07. The third-order valence-electron chi connectivity index (χ3n) is 4.25. The third-order valence-corrected chi connectivity index (χ3v) is 4.25. The van der Waals surface area contributed by atoms with Gasteiger partial charge in [0.25, 0.3) is 0 Å². The van der Waals surface area contributed by atoms with Crippen LogP contribution in [-0.2, 0) is 17.8 Å². The van der Waals surface area contributed by atoms with Crippen LogP contribution in [0.4, 0.5) is 0 Å². The van der Waals surface area contributed by atoms with Crippen molar-refractivity contribution >= 4 is 0 Å². The molecule has 0 bridgehead atoms. The molecule has 0 N–H and O–H groups in total. The van der Waals surface area contributed by atoms with Gasteiger partial charge in [0.2, 0.25) is 0 Å². The van der Waals surface area contributed by atoms with Crippen LogP contribution in [0.25, 0.3) is 0 Å². The molecular weight excluding hydrogens is 250 g/mol. The van der Waals surface area contributed by atoms with Crippen molar-refractivity contribution in [2.24, 2.45) is 0 Å². The van der Waals surface area contributed by atoms with Gasteiger partial charge in [0.1, 0.15) is 5.82 Å². The fraction of sp³-hybridized carbons (Fsp3) is 0.812. The third kappa shape index (κ3) is 4.32. The molecule has 1 aliphatic heterocycles. The van der Waals surface area contributed by atoms with E-state index in [0.29, 0.717) is 6.04 Å². The molecule has 2 rings (SSSR count). The van der Waals surface area contributed by atoms with Crippen molar-refractivity contribution in [3.05, 3.63) is 18.2 Å². The lowest BCUT2D eigenvalue weighted by molar-refractivity contribution is 0.113. The molecule has 20 heavy (non-hydrogen) atoms. The summed E-state index contributed by atoms with van der Waals surface area (Å²) in [5, 5.41) is 0. The minimum Gasteiger partial charge on any atom is -0.385 e. The molecule has 4 nitrogen and oxygen atoms in total. The maximum Gasteiger partial charge on any atom is 0.122 e. The van der Waals surface area contributed by atoms with Gasteiger partial charge in [0, 0.05) is 38.7 Å². The normalized spacial score (nSPS) is 20.4. The van der Waals surface area contributed by atoms with E-state index in [1.54, 1.807) is 7.11 Å². The highest BCUT2D eigenvalue weighted by Crippen LogP contribution is 2.22. The maximum atomic E-state index is 5.19. The first-order valence-corrected chi connectivity index (χ1v) is 8.08. The fourth-order valence-corrected chi connectivity index (χ4v) is 3.18. The SMILES string of the molecule is CCCn1ccnc1CN1CCCC[C@H]1CCCOC. The van der Waals surface area contributed by atoms with Crippen LogP contribution >= 0.6 is 0 Å². The second-order valence-corrected chi connectivity index (χ2v) is 5.79. The Kier molecular flexibility index (Phi) is 6.54. The molecule has 1 fully saturated rings. The second kappa shape index (κ2) is 8.42. The van der Waals surface area contributed by atoms with Crippen LogP contribution in [0.3, 0.4) is 0 Å². The fourth-order valence-electron chi connectivity index (χ4n) is 3.18. The molecule has 0 aliphatic carbocycles. The molecule has 114 valence electrons. The molecule has 1 aliphatic rings. The summed E-state index contributed by atoms with van der Waals surface area (Å²) in [5.74, 6) is 1.23. The summed E-state index contributed by atoms with van der Waals surface area (Å²) in [7, 11) is 1.79. The average Bonchev–Trinajstić information content (AvgIpc) is 2.89. The Balaban J connectivity index is 1.92. The van der Waals surface area contributed by atoms with E-state index in [1.165, 1.54) is 50.9 Å². The van der Waals surface area contributed by atoms with E-state index in [2.05, 4.69) is 27.6 Å². The summed E-state index contributed by atoms with van der Waals surface area (Å²) in [6.45, 7) is 6.41. The maximum absolute atomic E-state index is 5.19. The van der Waals surface area contributed by atoms with Gasteiger partial charge in [-0.05, 0) is 38.6 Å². The van der Waals surface area contributed by atoms with Crippen molar-refractivity contribution in [3.8, 4) is 0 Å². The highest BCUT2D eigenvalue weighted by molar-refractivity contribution is 4.94. The van der Waals surface area contributed by atoms with Crippen molar-refractivity contribution in [3.63, 3.8) is 0 Å². The lowest BCUT2D eigenvalue weighted by Crippen LogP contribution is -2.39. The topological polar surface area (TPSA) is 30.3 Å². The lowest BCUT2D eigenvalue weighted by atomic mass is 9.98. The smallest absolute Gasteiger partial charge is 0.122 e. The highest BCUT2D eigenvalue weighted by atomic mass is 16.5. The van der Waals surface area contributed by atoms with Crippen molar-refractivity contribution < 1.29 is 4.74 Å². The molecule has 0 aromatic carbocycles. The zero-order valence-corrected chi connectivity index (χ0v) is 13.1. The van der Waals surface area contributed by atoms with Crippen LogP contribution in [0.2, 0.25) is 0 Å². The Morgan fingerprint density at radius 2 is 2.30 bits per heavy atom. The van der Waals surface area contributed by atoms with E-state index >= 15 is 0 Å². The zero-order valence-electron chi connectivity index (χ0n) is 13.1. The van der Waals surface area contributed by atoms with E-state index in [-0.39, 0.29) is 0 Å². The minimum absolute atomic E-state index is 0.714. The number of aromatic nitrogens is 2. The number of methoxy groups -OCH3 is 1. The molecule has 0 amide bonds. The van der Waals surface area contributed by atoms with Crippen molar-refractivity contribution in [1.29, 1.82) is 0 Å². The van der Waals surface area contributed by atoms with Gasteiger partial charge >= 0.3 is 0 Å². The standard InChI is InChI=1S/C16H29N3O/c1-3-10-18-12-9-17-16(18)14-19-11-5-4-7-15(19)8-6-13-20-2/h9,12,15H,3-8,10-11,13-14H2,1-2H3/t15-/m0/s1. The number of likely N-dealkylation sites (tertiary alicyclic amines) is 1. The minimum atomic E-state index is 0.714. The highest BCUT2D eigenvalue weighted by Gasteiger charge is 2.23. The van der Waals surface area contributed by atoms with Gasteiger partial charge in [-0.3, -0.25) is 4.90 Å². The van der Waals surface area contributed by atoms with Crippen molar-refractivity contribution in [2.75, 3.05) is 20.3 Å². The van der Waals surface area contributed by atoms with Crippen LogP contribution in [0.15, 0.2) is 12.4 Å². The van der Waals surface area contributed by atoms with Crippen LogP contribution in [0.1, 0.15) is 51.3 Å². The molecule has 1 aromatic rings. The second-order valence-electron chi connectivity index (χ2n) is 5.79. The summed E-state index contributed by atoms with van der Waals surface area (Å²) in [6.07, 6.45) is 11.7. The van der Waals surface area contributed by atoms with Gasteiger partial charge in [0.05, 0.1) is 6.54 Å². The zero-order chi connectivity index (χ0) is 14.2. The van der Waals surface area contributed by atoms with Crippen LogP contribution < -0.4 is 0 Å². The summed E-state index contributed by atoms with van der Waals surface area (Å²) in [5.41, 5.74) is 0.